The fourth-order valence-corrected chi connectivity index (χ4v) is 3.21. The number of ether oxygens (including phenoxy) is 2. The Kier molecular flexibility index (Phi) is 7.12. The number of hydrogen-bond acceptors (Lipinski definition) is 4. The quantitative estimate of drug-likeness (QED) is 0.316. The summed E-state index contributed by atoms with van der Waals surface area (Å²) < 4.78 is 16.5. The van der Waals surface area contributed by atoms with Crippen LogP contribution in [0.4, 0.5) is 0 Å². The number of methoxy groups -OCH3 is 1. The number of rotatable bonds is 8. The van der Waals surface area contributed by atoms with Gasteiger partial charge in [0.2, 0.25) is 0 Å². The van der Waals surface area contributed by atoms with Crippen molar-refractivity contribution in [3.8, 4) is 22.6 Å². The molecule has 1 heterocycles. The fourth-order valence-electron chi connectivity index (χ4n) is 3.21. The Morgan fingerprint density at radius 3 is 2.40 bits per heavy atom. The van der Waals surface area contributed by atoms with Gasteiger partial charge < -0.3 is 13.9 Å². The Balaban J connectivity index is 1.78. The summed E-state index contributed by atoms with van der Waals surface area (Å²) in [6.07, 6.45) is 6.39. The lowest BCUT2D eigenvalue weighted by Crippen LogP contribution is -1.99. The normalized spacial score (nSPS) is 11.4. The van der Waals surface area contributed by atoms with Crippen LogP contribution in [0, 0.1) is 0 Å². The van der Waals surface area contributed by atoms with Gasteiger partial charge in [-0.15, -0.1) is 0 Å². The molecule has 0 bridgehead atoms. The second-order valence-electron chi connectivity index (χ2n) is 7.55. The highest BCUT2D eigenvalue weighted by Gasteiger charge is 2.09. The molecule has 156 valence electrons. The van der Waals surface area contributed by atoms with E-state index in [1.807, 2.05) is 36.4 Å². The highest BCUT2D eigenvalue weighted by molar-refractivity contribution is 5.93. The number of fused-ring (bicyclic) bond motifs is 1. The minimum Gasteiger partial charge on any atom is -0.497 e. The second kappa shape index (κ2) is 9.97. The molecule has 0 saturated heterocycles. The first-order valence-corrected chi connectivity index (χ1v) is 10.1. The number of allylic oxidation sites excluding steroid dienone is 3. The van der Waals surface area contributed by atoms with E-state index in [-0.39, 0.29) is 5.63 Å². The van der Waals surface area contributed by atoms with Gasteiger partial charge in [-0.3, -0.25) is 0 Å². The second-order valence-corrected chi connectivity index (χ2v) is 7.55. The Morgan fingerprint density at radius 1 is 0.967 bits per heavy atom. The molecule has 3 aromatic rings. The van der Waals surface area contributed by atoms with Crippen molar-refractivity contribution in [2.24, 2.45) is 0 Å². The van der Waals surface area contributed by atoms with E-state index in [4.69, 9.17) is 13.9 Å². The first-order valence-electron chi connectivity index (χ1n) is 10.1. The van der Waals surface area contributed by atoms with E-state index in [0.717, 1.165) is 35.1 Å². The molecule has 30 heavy (non-hydrogen) atoms. The molecule has 0 saturated carbocycles. The van der Waals surface area contributed by atoms with E-state index < -0.39 is 0 Å². The smallest absolute Gasteiger partial charge is 0.336 e. The maximum absolute atomic E-state index is 12.1. The lowest BCUT2D eigenvalue weighted by Gasteiger charge is -2.09. The predicted molar refractivity (Wildman–Crippen MR) is 122 cm³/mol. The van der Waals surface area contributed by atoms with Crippen LogP contribution in [0.25, 0.3) is 22.1 Å². The van der Waals surface area contributed by atoms with Crippen LogP contribution in [0.3, 0.4) is 0 Å². The molecule has 0 N–H and O–H groups in total. The lowest BCUT2D eigenvalue weighted by molar-refractivity contribution is 0.361. The van der Waals surface area contributed by atoms with Crippen molar-refractivity contribution in [1.82, 2.24) is 0 Å². The standard InChI is InChI=1S/C26H28O4/c1-18(2)6-5-7-19(3)14-15-29-22-12-13-23-24(17-26(27)30-25(23)16-22)20-8-10-21(28-4)11-9-20/h6,8-14,16-17H,5,7,15H2,1-4H3/b19-14+. The van der Waals surface area contributed by atoms with Crippen LogP contribution >= 0.6 is 0 Å². The summed E-state index contributed by atoms with van der Waals surface area (Å²) in [5.74, 6) is 1.44. The number of hydrogen-bond donors (Lipinski definition) is 0. The summed E-state index contributed by atoms with van der Waals surface area (Å²) in [5, 5.41) is 0.862. The molecule has 0 radical (unpaired) electrons. The third kappa shape index (κ3) is 5.63. The van der Waals surface area contributed by atoms with Gasteiger partial charge in [0.25, 0.3) is 0 Å². The zero-order valence-electron chi connectivity index (χ0n) is 18.0. The topological polar surface area (TPSA) is 48.7 Å². The maximum Gasteiger partial charge on any atom is 0.336 e. The van der Waals surface area contributed by atoms with Gasteiger partial charge in [0.15, 0.2) is 0 Å². The summed E-state index contributed by atoms with van der Waals surface area (Å²) in [5.41, 5.74) is 4.51. The summed E-state index contributed by atoms with van der Waals surface area (Å²) in [6.45, 7) is 6.82. The molecule has 0 amide bonds. The molecule has 0 unspecified atom stereocenters. The SMILES string of the molecule is COc1ccc(-c2cc(=O)oc3cc(OC/C=C(\C)CCC=C(C)C)ccc23)cc1. The molecule has 0 spiro atoms. The summed E-state index contributed by atoms with van der Waals surface area (Å²) in [6, 6.07) is 14.7. The zero-order chi connectivity index (χ0) is 21.5. The van der Waals surface area contributed by atoms with Crippen LogP contribution in [-0.2, 0) is 0 Å². The highest BCUT2D eigenvalue weighted by atomic mass is 16.5. The Hall–Kier alpha value is -3.27. The molecule has 0 aliphatic carbocycles. The van der Waals surface area contributed by atoms with Gasteiger partial charge >= 0.3 is 5.63 Å². The maximum atomic E-state index is 12.1. The first kappa shape index (κ1) is 21.4. The van der Waals surface area contributed by atoms with Crippen molar-refractivity contribution in [3.05, 3.63) is 82.2 Å². The molecule has 4 heteroatoms. The number of benzene rings is 2. The third-order valence-corrected chi connectivity index (χ3v) is 4.89. The summed E-state index contributed by atoms with van der Waals surface area (Å²) >= 11 is 0. The fraction of sp³-hybridized carbons (Fsp3) is 0.269. The highest BCUT2D eigenvalue weighted by Crippen LogP contribution is 2.30. The monoisotopic (exact) mass is 404 g/mol. The Morgan fingerprint density at radius 2 is 1.70 bits per heavy atom. The average Bonchev–Trinajstić information content (AvgIpc) is 2.72. The lowest BCUT2D eigenvalue weighted by atomic mass is 10.0. The largest absolute Gasteiger partial charge is 0.497 e. The van der Waals surface area contributed by atoms with Crippen molar-refractivity contribution in [1.29, 1.82) is 0 Å². The van der Waals surface area contributed by atoms with Crippen LogP contribution in [0.5, 0.6) is 11.5 Å². The first-order chi connectivity index (χ1) is 14.5. The van der Waals surface area contributed by atoms with Crippen LogP contribution in [0.15, 0.2) is 81.0 Å². The summed E-state index contributed by atoms with van der Waals surface area (Å²) in [4.78, 5) is 12.1. The van der Waals surface area contributed by atoms with Gasteiger partial charge in [-0.05, 0) is 75.1 Å². The van der Waals surface area contributed by atoms with Gasteiger partial charge in [-0.2, -0.15) is 0 Å². The average molecular weight is 405 g/mol. The molecule has 0 aliphatic rings. The molecule has 0 aliphatic heterocycles. The van der Waals surface area contributed by atoms with Gasteiger partial charge in [-0.25, -0.2) is 4.79 Å². The molecular weight excluding hydrogens is 376 g/mol. The van der Waals surface area contributed by atoms with Crippen molar-refractivity contribution in [2.45, 2.75) is 33.6 Å². The van der Waals surface area contributed by atoms with Crippen molar-refractivity contribution in [3.63, 3.8) is 0 Å². The zero-order valence-corrected chi connectivity index (χ0v) is 18.0. The molecule has 1 aromatic heterocycles. The van der Waals surface area contributed by atoms with E-state index in [9.17, 15) is 4.79 Å². The van der Waals surface area contributed by atoms with Crippen LogP contribution in [0.2, 0.25) is 0 Å². The molecule has 2 aromatic carbocycles. The molecule has 0 fully saturated rings. The Labute approximate surface area is 177 Å². The van der Waals surface area contributed by atoms with E-state index in [1.54, 1.807) is 13.2 Å². The van der Waals surface area contributed by atoms with Crippen molar-refractivity contribution < 1.29 is 13.9 Å². The van der Waals surface area contributed by atoms with E-state index in [1.165, 1.54) is 17.2 Å². The minimum atomic E-state index is -0.388. The molecular formula is C26H28O4. The van der Waals surface area contributed by atoms with E-state index in [2.05, 4.69) is 32.9 Å². The van der Waals surface area contributed by atoms with E-state index in [0.29, 0.717) is 17.9 Å². The predicted octanol–water partition coefficient (Wildman–Crippen LogP) is 6.54. The van der Waals surface area contributed by atoms with Crippen LogP contribution < -0.4 is 15.1 Å². The molecule has 3 rings (SSSR count). The molecule has 4 nitrogen and oxygen atoms in total. The van der Waals surface area contributed by atoms with Crippen LogP contribution in [-0.4, -0.2) is 13.7 Å². The van der Waals surface area contributed by atoms with Crippen molar-refractivity contribution >= 4 is 11.0 Å². The Bertz CT molecular complexity index is 1110. The molecule has 0 atom stereocenters. The minimum absolute atomic E-state index is 0.388. The van der Waals surface area contributed by atoms with E-state index >= 15 is 0 Å². The van der Waals surface area contributed by atoms with Gasteiger partial charge in [-0.1, -0.05) is 29.4 Å². The van der Waals surface area contributed by atoms with Crippen molar-refractivity contribution in [2.75, 3.05) is 13.7 Å². The van der Waals surface area contributed by atoms with Crippen LogP contribution in [0.1, 0.15) is 33.6 Å². The van der Waals surface area contributed by atoms with Gasteiger partial charge in [0.1, 0.15) is 23.7 Å². The third-order valence-electron chi connectivity index (χ3n) is 4.89. The summed E-state index contributed by atoms with van der Waals surface area (Å²) in [7, 11) is 1.63. The van der Waals surface area contributed by atoms with Gasteiger partial charge in [0.05, 0.1) is 7.11 Å². The van der Waals surface area contributed by atoms with Gasteiger partial charge in [0, 0.05) is 17.5 Å².